The minimum absolute atomic E-state index is 0.288. The molecule has 0 aliphatic heterocycles. The van der Waals surface area contributed by atoms with E-state index in [-0.39, 0.29) is 5.75 Å². The summed E-state index contributed by atoms with van der Waals surface area (Å²) in [6, 6.07) is 5.25. The Labute approximate surface area is 78.0 Å². The van der Waals surface area contributed by atoms with Crippen molar-refractivity contribution in [1.29, 1.82) is 0 Å². The van der Waals surface area contributed by atoms with Crippen molar-refractivity contribution in [2.45, 2.75) is 0 Å². The lowest BCUT2D eigenvalue weighted by molar-refractivity contribution is 0.481. The van der Waals surface area contributed by atoms with Crippen molar-refractivity contribution in [3.63, 3.8) is 0 Å². The van der Waals surface area contributed by atoms with Crippen LogP contribution >= 0.6 is 15.9 Å². The van der Waals surface area contributed by atoms with Crippen LogP contribution in [0.4, 0.5) is 0 Å². The predicted octanol–water partition coefficient (Wildman–Crippen LogP) is 2.70. The van der Waals surface area contributed by atoms with Crippen LogP contribution in [0.15, 0.2) is 35.1 Å². The Morgan fingerprint density at radius 1 is 1.17 bits per heavy atom. The molecule has 2 nitrogen and oxygen atoms in total. The monoisotopic (exact) mass is 223 g/mol. The largest absolute Gasteiger partial charge is 0.507 e. The summed E-state index contributed by atoms with van der Waals surface area (Å²) in [5.41, 5.74) is 0. The highest BCUT2D eigenvalue weighted by molar-refractivity contribution is 9.10. The highest BCUT2D eigenvalue weighted by Gasteiger charge is 2.01. The lowest BCUT2D eigenvalue weighted by Gasteiger charge is -2.00. The van der Waals surface area contributed by atoms with Crippen LogP contribution in [-0.2, 0) is 0 Å². The first-order valence-corrected chi connectivity index (χ1v) is 4.29. The Hall–Kier alpha value is -1.09. The van der Waals surface area contributed by atoms with Gasteiger partial charge in [0.15, 0.2) is 0 Å². The molecule has 0 unspecified atom stereocenters. The van der Waals surface area contributed by atoms with Crippen LogP contribution in [0.2, 0.25) is 0 Å². The Bertz CT molecular complexity index is 387. The third kappa shape index (κ3) is 1.06. The molecule has 0 saturated carbocycles. The minimum atomic E-state index is 0.288. The van der Waals surface area contributed by atoms with Gasteiger partial charge in [-0.05, 0) is 18.2 Å². The van der Waals surface area contributed by atoms with Gasteiger partial charge in [0, 0.05) is 27.6 Å². The van der Waals surface area contributed by atoms with E-state index in [0.717, 1.165) is 15.2 Å². The van der Waals surface area contributed by atoms with Crippen LogP contribution in [0.25, 0.3) is 10.8 Å². The summed E-state index contributed by atoms with van der Waals surface area (Å²) in [5, 5.41) is 11.2. The zero-order chi connectivity index (χ0) is 8.55. The summed E-state index contributed by atoms with van der Waals surface area (Å²) < 4.78 is 0.948. The zero-order valence-corrected chi connectivity index (χ0v) is 7.75. The van der Waals surface area contributed by atoms with Gasteiger partial charge in [0.05, 0.1) is 0 Å². The van der Waals surface area contributed by atoms with Gasteiger partial charge in [-0.15, -0.1) is 0 Å². The molecule has 0 aliphatic rings. The molecule has 0 saturated heterocycles. The van der Waals surface area contributed by atoms with E-state index in [9.17, 15) is 5.11 Å². The molecule has 2 rings (SSSR count). The quantitative estimate of drug-likeness (QED) is 0.746. The number of rotatable bonds is 0. The third-order valence-corrected chi connectivity index (χ3v) is 2.43. The number of pyridine rings is 1. The summed E-state index contributed by atoms with van der Waals surface area (Å²) in [5.74, 6) is 0.288. The smallest absolute Gasteiger partial charge is 0.123 e. The summed E-state index contributed by atoms with van der Waals surface area (Å²) in [7, 11) is 0. The molecule has 60 valence electrons. The Kier molecular flexibility index (Phi) is 1.73. The summed E-state index contributed by atoms with van der Waals surface area (Å²) in [4.78, 5) is 3.97. The average Bonchev–Trinajstić information content (AvgIpc) is 2.12. The number of halogens is 1. The van der Waals surface area contributed by atoms with E-state index in [2.05, 4.69) is 20.9 Å². The van der Waals surface area contributed by atoms with Gasteiger partial charge in [0.1, 0.15) is 5.75 Å². The number of hydrogen-bond donors (Lipinski definition) is 1. The number of phenols is 1. The molecular weight excluding hydrogens is 218 g/mol. The first-order valence-electron chi connectivity index (χ1n) is 3.50. The van der Waals surface area contributed by atoms with E-state index in [0.29, 0.717) is 0 Å². The Morgan fingerprint density at radius 3 is 2.75 bits per heavy atom. The first-order chi connectivity index (χ1) is 5.79. The highest BCUT2D eigenvalue weighted by Crippen LogP contribution is 2.29. The molecule has 1 heterocycles. The first kappa shape index (κ1) is 7.55. The van der Waals surface area contributed by atoms with E-state index in [1.54, 1.807) is 30.6 Å². The second kappa shape index (κ2) is 2.75. The number of phenolic OH excluding ortho intramolecular Hbond substituents is 1. The van der Waals surface area contributed by atoms with Gasteiger partial charge >= 0.3 is 0 Å². The second-order valence-corrected chi connectivity index (χ2v) is 3.34. The van der Waals surface area contributed by atoms with E-state index < -0.39 is 0 Å². The number of hydrogen-bond acceptors (Lipinski definition) is 2. The number of benzene rings is 1. The van der Waals surface area contributed by atoms with E-state index in [1.807, 2.05) is 0 Å². The second-order valence-electron chi connectivity index (χ2n) is 2.49. The minimum Gasteiger partial charge on any atom is -0.507 e. The van der Waals surface area contributed by atoms with Gasteiger partial charge in [-0.2, -0.15) is 0 Å². The molecular formula is C9H6BrNO. The van der Waals surface area contributed by atoms with Crippen molar-refractivity contribution in [3.8, 4) is 5.75 Å². The van der Waals surface area contributed by atoms with Crippen molar-refractivity contribution in [2.24, 2.45) is 0 Å². The molecule has 0 atom stereocenters. The summed E-state index contributed by atoms with van der Waals surface area (Å²) >= 11 is 3.38. The molecule has 12 heavy (non-hydrogen) atoms. The van der Waals surface area contributed by atoms with E-state index >= 15 is 0 Å². The van der Waals surface area contributed by atoms with Crippen molar-refractivity contribution >= 4 is 26.7 Å². The maximum absolute atomic E-state index is 9.45. The molecule has 1 N–H and O–H groups in total. The summed E-state index contributed by atoms with van der Waals surface area (Å²) in [6.45, 7) is 0. The molecule has 1 aromatic carbocycles. The Balaban J connectivity index is 2.95. The van der Waals surface area contributed by atoms with Gasteiger partial charge < -0.3 is 5.11 Å². The summed E-state index contributed by atoms with van der Waals surface area (Å²) in [6.07, 6.45) is 3.38. The van der Waals surface area contributed by atoms with Crippen LogP contribution in [0.1, 0.15) is 0 Å². The standard InChI is InChI=1S/C9H6BrNO/c10-8-1-2-9(12)6-3-4-11-5-7(6)8/h1-5,12H. The molecule has 0 aliphatic carbocycles. The molecule has 0 radical (unpaired) electrons. The fraction of sp³-hybridized carbons (Fsp3) is 0. The van der Waals surface area contributed by atoms with Crippen LogP contribution in [0.5, 0.6) is 5.75 Å². The zero-order valence-electron chi connectivity index (χ0n) is 6.16. The average molecular weight is 224 g/mol. The van der Waals surface area contributed by atoms with Crippen molar-refractivity contribution in [3.05, 3.63) is 35.1 Å². The van der Waals surface area contributed by atoms with Crippen LogP contribution in [-0.4, -0.2) is 10.1 Å². The lowest BCUT2D eigenvalue weighted by Crippen LogP contribution is -1.77. The number of nitrogens with zero attached hydrogens (tertiary/aromatic N) is 1. The molecule has 0 fully saturated rings. The molecule has 1 aromatic heterocycles. The highest BCUT2D eigenvalue weighted by atomic mass is 79.9. The third-order valence-electron chi connectivity index (χ3n) is 1.74. The number of aromatic nitrogens is 1. The van der Waals surface area contributed by atoms with Crippen molar-refractivity contribution in [1.82, 2.24) is 4.98 Å². The predicted molar refractivity (Wildman–Crippen MR) is 51.1 cm³/mol. The van der Waals surface area contributed by atoms with E-state index in [1.165, 1.54) is 0 Å². The van der Waals surface area contributed by atoms with Gasteiger partial charge in [0.2, 0.25) is 0 Å². The van der Waals surface area contributed by atoms with Gasteiger partial charge in [0.25, 0.3) is 0 Å². The number of fused-ring (bicyclic) bond motifs is 1. The van der Waals surface area contributed by atoms with Crippen LogP contribution in [0, 0.1) is 0 Å². The van der Waals surface area contributed by atoms with Crippen LogP contribution < -0.4 is 0 Å². The molecule has 3 heteroatoms. The van der Waals surface area contributed by atoms with Crippen LogP contribution in [0.3, 0.4) is 0 Å². The van der Waals surface area contributed by atoms with Gasteiger partial charge in [-0.3, -0.25) is 4.98 Å². The fourth-order valence-corrected chi connectivity index (χ4v) is 1.59. The Morgan fingerprint density at radius 2 is 2.00 bits per heavy atom. The van der Waals surface area contributed by atoms with E-state index in [4.69, 9.17) is 0 Å². The van der Waals surface area contributed by atoms with Crippen molar-refractivity contribution in [2.75, 3.05) is 0 Å². The molecule has 0 bridgehead atoms. The maximum Gasteiger partial charge on any atom is 0.123 e. The SMILES string of the molecule is Oc1ccc(Br)c2cnccc12. The lowest BCUT2D eigenvalue weighted by atomic mass is 10.2. The van der Waals surface area contributed by atoms with Gasteiger partial charge in [-0.25, -0.2) is 0 Å². The molecule has 2 aromatic rings. The van der Waals surface area contributed by atoms with Crippen molar-refractivity contribution < 1.29 is 5.11 Å². The molecule has 0 amide bonds. The topological polar surface area (TPSA) is 33.1 Å². The fourth-order valence-electron chi connectivity index (χ4n) is 1.14. The maximum atomic E-state index is 9.45. The number of aromatic hydroxyl groups is 1. The normalized spacial score (nSPS) is 10.4. The molecule has 0 spiro atoms. The van der Waals surface area contributed by atoms with Gasteiger partial charge in [-0.1, -0.05) is 15.9 Å².